The molecule has 3 nitrogen and oxygen atoms in total. The van der Waals surface area contributed by atoms with Gasteiger partial charge >= 0.3 is 0 Å². The Balaban J connectivity index is 1.45. The van der Waals surface area contributed by atoms with Crippen molar-refractivity contribution in [1.29, 1.82) is 0 Å². The Morgan fingerprint density at radius 2 is 1.79 bits per heavy atom. The number of carbonyl (C=O) groups excluding carboxylic acids is 1. The van der Waals surface area contributed by atoms with Crippen molar-refractivity contribution in [2.75, 3.05) is 5.32 Å². The number of anilines is 1. The highest BCUT2D eigenvalue weighted by molar-refractivity contribution is 9.10. The average Bonchev–Trinajstić information content (AvgIpc) is 3.11. The van der Waals surface area contributed by atoms with E-state index >= 15 is 0 Å². The molecular formula is C23H17BrN2OS. The van der Waals surface area contributed by atoms with E-state index in [2.05, 4.69) is 46.4 Å². The number of nitrogens with zero attached hydrogens (tertiary/aromatic N) is 1. The van der Waals surface area contributed by atoms with Crippen molar-refractivity contribution >= 4 is 55.2 Å². The zero-order valence-corrected chi connectivity index (χ0v) is 17.5. The maximum absolute atomic E-state index is 12.1. The molecule has 0 atom stereocenters. The minimum Gasteiger partial charge on any atom is -0.323 e. The van der Waals surface area contributed by atoms with Gasteiger partial charge in [-0.1, -0.05) is 34.1 Å². The summed E-state index contributed by atoms with van der Waals surface area (Å²) in [6.45, 7) is 2.08. The smallest absolute Gasteiger partial charge is 0.248 e. The van der Waals surface area contributed by atoms with E-state index in [1.165, 1.54) is 16.3 Å². The highest BCUT2D eigenvalue weighted by Crippen LogP contribution is 2.31. The van der Waals surface area contributed by atoms with Gasteiger partial charge in [0, 0.05) is 21.8 Å². The van der Waals surface area contributed by atoms with Gasteiger partial charge < -0.3 is 5.32 Å². The van der Waals surface area contributed by atoms with Crippen molar-refractivity contribution in [3.05, 3.63) is 88.4 Å². The fraction of sp³-hybridized carbons (Fsp3) is 0.0435. The summed E-state index contributed by atoms with van der Waals surface area (Å²) in [6.07, 6.45) is 3.33. The molecule has 0 fully saturated rings. The van der Waals surface area contributed by atoms with Crippen LogP contribution in [0.2, 0.25) is 0 Å². The first-order chi connectivity index (χ1) is 13.6. The van der Waals surface area contributed by atoms with Gasteiger partial charge in [-0.2, -0.15) is 0 Å². The van der Waals surface area contributed by atoms with Gasteiger partial charge in [-0.05, 0) is 72.7 Å². The van der Waals surface area contributed by atoms with Crippen LogP contribution in [0, 0.1) is 6.92 Å². The quantitative estimate of drug-likeness (QED) is 0.353. The monoisotopic (exact) mass is 448 g/mol. The van der Waals surface area contributed by atoms with E-state index < -0.39 is 0 Å². The third-order valence-electron chi connectivity index (χ3n) is 4.24. The maximum atomic E-state index is 12.1. The molecule has 0 spiro atoms. The van der Waals surface area contributed by atoms with Crippen LogP contribution >= 0.6 is 27.3 Å². The molecule has 5 heteroatoms. The van der Waals surface area contributed by atoms with Crippen LogP contribution in [0.4, 0.5) is 5.69 Å². The molecular weight excluding hydrogens is 432 g/mol. The van der Waals surface area contributed by atoms with Crippen molar-refractivity contribution < 1.29 is 4.79 Å². The summed E-state index contributed by atoms with van der Waals surface area (Å²) in [5, 5.41) is 3.86. The molecule has 3 aromatic carbocycles. The Kier molecular flexibility index (Phi) is 5.37. The number of carbonyl (C=O) groups is 1. The number of amides is 1. The molecule has 1 N–H and O–H groups in total. The zero-order valence-electron chi connectivity index (χ0n) is 15.1. The fourth-order valence-corrected chi connectivity index (χ4v) is 4.11. The molecule has 0 radical (unpaired) electrons. The summed E-state index contributed by atoms with van der Waals surface area (Å²) in [7, 11) is 0. The maximum Gasteiger partial charge on any atom is 0.248 e. The van der Waals surface area contributed by atoms with E-state index in [0.29, 0.717) is 0 Å². The Hall–Kier alpha value is -2.76. The third-order valence-corrected chi connectivity index (χ3v) is 5.84. The van der Waals surface area contributed by atoms with Gasteiger partial charge in [0.15, 0.2) is 0 Å². The molecule has 0 aliphatic heterocycles. The first-order valence-electron chi connectivity index (χ1n) is 8.79. The van der Waals surface area contributed by atoms with E-state index in [4.69, 9.17) is 4.98 Å². The molecule has 138 valence electrons. The summed E-state index contributed by atoms with van der Waals surface area (Å²) in [5.74, 6) is -0.161. The summed E-state index contributed by atoms with van der Waals surface area (Å²) in [6, 6.07) is 21.8. The van der Waals surface area contributed by atoms with Crippen LogP contribution in [0.5, 0.6) is 0 Å². The van der Waals surface area contributed by atoms with Crippen molar-refractivity contribution in [3.63, 3.8) is 0 Å². The van der Waals surface area contributed by atoms with Crippen molar-refractivity contribution in [1.82, 2.24) is 4.98 Å². The number of thiazole rings is 1. The normalized spacial score (nSPS) is 11.2. The molecule has 4 rings (SSSR count). The van der Waals surface area contributed by atoms with E-state index in [9.17, 15) is 4.79 Å². The van der Waals surface area contributed by atoms with Gasteiger partial charge in [-0.15, -0.1) is 11.3 Å². The largest absolute Gasteiger partial charge is 0.323 e. The summed E-state index contributed by atoms with van der Waals surface area (Å²) in [4.78, 5) is 16.8. The predicted octanol–water partition coefficient (Wildman–Crippen LogP) is 6.69. The number of rotatable bonds is 4. The topological polar surface area (TPSA) is 42.0 Å². The van der Waals surface area contributed by atoms with E-state index in [0.717, 1.165) is 31.8 Å². The highest BCUT2D eigenvalue weighted by atomic mass is 79.9. The second kappa shape index (κ2) is 8.09. The number of hydrogen-bond acceptors (Lipinski definition) is 3. The van der Waals surface area contributed by atoms with Gasteiger partial charge in [0.25, 0.3) is 0 Å². The van der Waals surface area contributed by atoms with E-state index in [1.807, 2.05) is 48.5 Å². The molecule has 1 heterocycles. The van der Waals surface area contributed by atoms with Crippen LogP contribution in [-0.4, -0.2) is 10.9 Å². The van der Waals surface area contributed by atoms with Crippen LogP contribution in [0.1, 0.15) is 11.1 Å². The molecule has 0 saturated heterocycles. The van der Waals surface area contributed by atoms with Gasteiger partial charge in [-0.3, -0.25) is 4.79 Å². The summed E-state index contributed by atoms with van der Waals surface area (Å²) < 4.78 is 2.20. The van der Waals surface area contributed by atoms with Crippen LogP contribution in [-0.2, 0) is 4.79 Å². The lowest BCUT2D eigenvalue weighted by Crippen LogP contribution is -2.07. The molecule has 1 aromatic heterocycles. The van der Waals surface area contributed by atoms with Crippen molar-refractivity contribution in [2.45, 2.75) is 6.92 Å². The van der Waals surface area contributed by atoms with E-state index in [1.54, 1.807) is 17.4 Å². The Labute approximate surface area is 175 Å². The minimum absolute atomic E-state index is 0.161. The number of aromatic nitrogens is 1. The van der Waals surface area contributed by atoms with Crippen LogP contribution in [0.15, 0.2) is 77.3 Å². The average molecular weight is 449 g/mol. The number of halogens is 1. The fourth-order valence-electron chi connectivity index (χ4n) is 2.78. The number of fused-ring (bicyclic) bond motifs is 1. The van der Waals surface area contributed by atoms with Crippen molar-refractivity contribution in [2.24, 2.45) is 0 Å². The first kappa shape index (κ1) is 18.6. The summed E-state index contributed by atoms with van der Waals surface area (Å²) in [5.41, 5.74) is 5.02. The van der Waals surface area contributed by atoms with Crippen LogP contribution in [0.3, 0.4) is 0 Å². The molecule has 0 saturated carbocycles. The molecule has 0 bridgehead atoms. The number of hydrogen-bond donors (Lipinski definition) is 1. The number of nitrogens with one attached hydrogen (secondary N) is 1. The van der Waals surface area contributed by atoms with Gasteiger partial charge in [-0.25, -0.2) is 4.98 Å². The second-order valence-corrected chi connectivity index (χ2v) is 8.39. The molecule has 0 aliphatic rings. The minimum atomic E-state index is -0.161. The zero-order chi connectivity index (χ0) is 19.5. The second-order valence-electron chi connectivity index (χ2n) is 6.44. The Morgan fingerprint density at radius 3 is 2.54 bits per heavy atom. The van der Waals surface area contributed by atoms with Gasteiger partial charge in [0.1, 0.15) is 5.01 Å². The van der Waals surface area contributed by atoms with Crippen molar-refractivity contribution in [3.8, 4) is 10.6 Å². The lowest BCUT2D eigenvalue weighted by molar-refractivity contribution is -0.111. The standard InChI is InChI=1S/C23H17BrN2OS/c1-15-2-12-20-21(14-15)28-23(26-20)17-6-10-19(11-7-17)25-22(27)13-5-16-3-8-18(24)9-4-16/h2-14H,1H3,(H,25,27). The Morgan fingerprint density at radius 1 is 1.04 bits per heavy atom. The number of benzene rings is 3. The highest BCUT2D eigenvalue weighted by Gasteiger charge is 2.07. The lowest BCUT2D eigenvalue weighted by Gasteiger charge is -2.03. The first-order valence-corrected chi connectivity index (χ1v) is 10.4. The predicted molar refractivity (Wildman–Crippen MR) is 122 cm³/mol. The molecule has 0 aliphatic carbocycles. The number of aryl methyl sites for hydroxylation is 1. The SMILES string of the molecule is Cc1ccc2nc(-c3ccc(NC(=O)C=Cc4ccc(Br)cc4)cc3)sc2c1. The van der Waals surface area contributed by atoms with E-state index in [-0.39, 0.29) is 5.91 Å². The van der Waals surface area contributed by atoms with Gasteiger partial charge in [0.2, 0.25) is 5.91 Å². The molecule has 4 aromatic rings. The van der Waals surface area contributed by atoms with Gasteiger partial charge in [0.05, 0.1) is 10.2 Å². The Bertz CT molecular complexity index is 1160. The molecule has 28 heavy (non-hydrogen) atoms. The third kappa shape index (κ3) is 4.38. The van der Waals surface area contributed by atoms with Crippen LogP contribution in [0.25, 0.3) is 26.9 Å². The molecule has 1 amide bonds. The van der Waals surface area contributed by atoms with Crippen LogP contribution < -0.4 is 5.32 Å². The molecule has 0 unspecified atom stereocenters. The summed E-state index contributed by atoms with van der Waals surface area (Å²) >= 11 is 5.08. The lowest BCUT2D eigenvalue weighted by atomic mass is 10.2.